The number of aliphatic hydroxyl groups is 2. The van der Waals surface area contributed by atoms with E-state index in [2.05, 4.69) is 0 Å². The zero-order valence-corrected chi connectivity index (χ0v) is 15.4. The van der Waals surface area contributed by atoms with Crippen molar-refractivity contribution >= 4 is 18.5 Å². The maximum Gasteiger partial charge on any atom is 0.324 e. The molecule has 0 aromatic rings. The normalized spacial score (nSPS) is 43.7. The highest BCUT2D eigenvalue weighted by atomic mass is 32.5. The summed E-state index contributed by atoms with van der Waals surface area (Å²) in [5.41, 5.74) is 0. The van der Waals surface area contributed by atoms with Gasteiger partial charge in [0, 0.05) is 12.3 Å². The van der Waals surface area contributed by atoms with Crippen LogP contribution in [0, 0.1) is 5.92 Å². The fourth-order valence-electron chi connectivity index (χ4n) is 3.28. The molecular weight excluding hydrogens is 343 g/mol. The lowest BCUT2D eigenvalue weighted by molar-refractivity contribution is -0.0281. The maximum atomic E-state index is 10.2. The number of hydrogen-bond acceptors (Lipinski definition) is 7. The number of rotatable bonds is 7. The van der Waals surface area contributed by atoms with E-state index in [1.165, 1.54) is 0 Å². The molecule has 2 rings (SSSR count). The van der Waals surface area contributed by atoms with E-state index in [1.807, 2.05) is 20.8 Å². The molecule has 2 fully saturated rings. The van der Waals surface area contributed by atoms with E-state index in [4.69, 9.17) is 30.3 Å². The van der Waals surface area contributed by atoms with Gasteiger partial charge in [-0.3, -0.25) is 0 Å². The molecule has 3 N–H and O–H groups in total. The Morgan fingerprint density at radius 2 is 1.96 bits per heavy atom. The monoisotopic (exact) mass is 370 g/mol. The van der Waals surface area contributed by atoms with E-state index in [9.17, 15) is 15.1 Å². The zero-order valence-electron chi connectivity index (χ0n) is 13.7. The second-order valence-corrected chi connectivity index (χ2v) is 9.04. The minimum absolute atomic E-state index is 0.0251. The standard InChI is InChI=1S/C14H27O7PS/c1-4-10-9(3)20-13(14(10)16)7-18-22(17,23)21-11-5-8(2)19-12(11)6-15/h8-16H,4-7H2,1-3H3,(H,17,23)/t8-,9-,10+,11?,12+,13+,14?,22?/m0/s1. The highest BCUT2D eigenvalue weighted by molar-refractivity contribution is 8.07. The molecule has 2 aliphatic rings. The van der Waals surface area contributed by atoms with Crippen LogP contribution in [0.5, 0.6) is 0 Å². The Balaban J connectivity index is 1.86. The quantitative estimate of drug-likeness (QED) is 0.570. The molecule has 0 amide bonds. The van der Waals surface area contributed by atoms with Crippen LogP contribution in [0.1, 0.15) is 33.6 Å². The Morgan fingerprint density at radius 3 is 2.52 bits per heavy atom. The summed E-state index contributed by atoms with van der Waals surface area (Å²) in [4.78, 5) is 10.2. The van der Waals surface area contributed by atoms with E-state index in [-0.39, 0.29) is 31.3 Å². The van der Waals surface area contributed by atoms with Crippen LogP contribution >= 0.6 is 6.72 Å². The van der Waals surface area contributed by atoms with Crippen LogP contribution in [-0.4, -0.2) is 64.9 Å². The third-order valence-corrected chi connectivity index (χ3v) is 6.11. The van der Waals surface area contributed by atoms with Crippen molar-refractivity contribution < 1.29 is 33.6 Å². The minimum Gasteiger partial charge on any atom is -0.394 e. The summed E-state index contributed by atoms with van der Waals surface area (Å²) in [6.07, 6.45) is -0.987. The van der Waals surface area contributed by atoms with Crippen molar-refractivity contribution in [1.82, 2.24) is 0 Å². The highest BCUT2D eigenvalue weighted by Gasteiger charge is 2.42. The van der Waals surface area contributed by atoms with Gasteiger partial charge in [-0.1, -0.05) is 6.92 Å². The van der Waals surface area contributed by atoms with Crippen LogP contribution in [0.2, 0.25) is 0 Å². The van der Waals surface area contributed by atoms with Gasteiger partial charge in [-0.2, -0.15) is 0 Å². The average molecular weight is 370 g/mol. The topological polar surface area (TPSA) is 97.6 Å². The van der Waals surface area contributed by atoms with Gasteiger partial charge in [0.25, 0.3) is 0 Å². The lowest BCUT2D eigenvalue weighted by Crippen LogP contribution is -2.31. The summed E-state index contributed by atoms with van der Waals surface area (Å²) < 4.78 is 22.0. The fraction of sp³-hybridized carbons (Fsp3) is 1.00. The summed E-state index contributed by atoms with van der Waals surface area (Å²) in [6.45, 7) is 2.04. The molecule has 3 unspecified atom stereocenters. The van der Waals surface area contributed by atoms with Crippen LogP contribution in [-0.2, 0) is 30.3 Å². The third-order valence-electron chi connectivity index (χ3n) is 4.52. The molecule has 0 aromatic carbocycles. The zero-order chi connectivity index (χ0) is 17.2. The van der Waals surface area contributed by atoms with E-state index >= 15 is 0 Å². The molecule has 0 spiro atoms. The molecule has 8 atom stereocenters. The summed E-state index contributed by atoms with van der Waals surface area (Å²) in [7, 11) is 0. The molecule has 136 valence electrons. The van der Waals surface area contributed by atoms with Gasteiger partial charge in [0.2, 0.25) is 0 Å². The molecular formula is C14H27O7PS. The minimum atomic E-state index is -3.49. The van der Waals surface area contributed by atoms with Crippen LogP contribution in [0.4, 0.5) is 0 Å². The Morgan fingerprint density at radius 1 is 1.26 bits per heavy atom. The van der Waals surface area contributed by atoms with Crippen LogP contribution < -0.4 is 0 Å². The van der Waals surface area contributed by atoms with Crippen LogP contribution in [0.15, 0.2) is 0 Å². The Labute approximate surface area is 142 Å². The fourth-order valence-corrected chi connectivity index (χ4v) is 4.76. The molecule has 0 aromatic heterocycles. The van der Waals surface area contributed by atoms with Crippen molar-refractivity contribution in [3.63, 3.8) is 0 Å². The Hall–Kier alpha value is 0.370. The van der Waals surface area contributed by atoms with Crippen molar-refractivity contribution in [2.45, 2.75) is 70.2 Å². The van der Waals surface area contributed by atoms with Gasteiger partial charge in [0.05, 0.1) is 37.6 Å². The van der Waals surface area contributed by atoms with Gasteiger partial charge < -0.3 is 33.6 Å². The lowest BCUT2D eigenvalue weighted by Gasteiger charge is -2.24. The maximum absolute atomic E-state index is 10.2. The predicted octanol–water partition coefficient (Wildman–Crippen LogP) is 0.949. The molecule has 0 saturated carbocycles. The Bertz CT molecular complexity index is 437. The van der Waals surface area contributed by atoms with Crippen molar-refractivity contribution in [2.24, 2.45) is 5.92 Å². The summed E-state index contributed by atoms with van der Waals surface area (Å²) in [5.74, 6) is 0.0453. The smallest absolute Gasteiger partial charge is 0.324 e. The molecule has 0 radical (unpaired) electrons. The predicted molar refractivity (Wildman–Crippen MR) is 87.5 cm³/mol. The first kappa shape index (κ1) is 19.7. The third kappa shape index (κ3) is 4.93. The van der Waals surface area contributed by atoms with Gasteiger partial charge in [-0.25, -0.2) is 0 Å². The van der Waals surface area contributed by atoms with Gasteiger partial charge in [0.15, 0.2) is 0 Å². The van der Waals surface area contributed by atoms with Gasteiger partial charge in [-0.05, 0) is 32.1 Å². The molecule has 23 heavy (non-hydrogen) atoms. The van der Waals surface area contributed by atoms with Crippen LogP contribution in [0.25, 0.3) is 0 Å². The van der Waals surface area contributed by atoms with E-state index in [0.29, 0.717) is 6.42 Å². The lowest BCUT2D eigenvalue weighted by atomic mass is 9.95. The molecule has 2 saturated heterocycles. The van der Waals surface area contributed by atoms with Gasteiger partial charge in [0.1, 0.15) is 12.2 Å². The SMILES string of the molecule is CC[C@H]1C(O)[C@@H](COP(O)(=S)OC2C[C@H](C)O[C@@H]2CO)O[C@H]1C. The number of hydrogen-bond donors (Lipinski definition) is 3. The van der Waals surface area contributed by atoms with Crippen molar-refractivity contribution in [3.8, 4) is 0 Å². The largest absolute Gasteiger partial charge is 0.394 e. The summed E-state index contributed by atoms with van der Waals surface area (Å²) >= 11 is 5.03. The van der Waals surface area contributed by atoms with Crippen molar-refractivity contribution in [3.05, 3.63) is 0 Å². The molecule has 2 aliphatic heterocycles. The van der Waals surface area contributed by atoms with Gasteiger partial charge >= 0.3 is 6.72 Å². The second kappa shape index (κ2) is 8.17. The summed E-state index contributed by atoms with van der Waals surface area (Å²) in [5, 5.41) is 19.5. The van der Waals surface area contributed by atoms with E-state index < -0.39 is 31.1 Å². The Kier molecular flexibility index (Phi) is 6.99. The van der Waals surface area contributed by atoms with Crippen molar-refractivity contribution in [1.29, 1.82) is 0 Å². The van der Waals surface area contributed by atoms with Crippen LogP contribution in [0.3, 0.4) is 0 Å². The van der Waals surface area contributed by atoms with Gasteiger partial charge in [-0.15, -0.1) is 0 Å². The molecule has 9 heteroatoms. The molecule has 2 heterocycles. The molecule has 0 bridgehead atoms. The second-order valence-electron chi connectivity index (χ2n) is 6.25. The summed E-state index contributed by atoms with van der Waals surface area (Å²) in [6, 6.07) is 0. The number of ether oxygens (including phenoxy) is 2. The first-order valence-corrected chi connectivity index (χ1v) is 10.6. The molecule has 7 nitrogen and oxygen atoms in total. The van der Waals surface area contributed by atoms with E-state index in [1.54, 1.807) is 0 Å². The number of aliphatic hydroxyl groups excluding tert-OH is 2. The highest BCUT2D eigenvalue weighted by Crippen LogP contribution is 2.48. The first-order valence-electron chi connectivity index (χ1n) is 8.03. The first-order chi connectivity index (χ1) is 10.8. The average Bonchev–Trinajstić information content (AvgIpc) is 2.95. The van der Waals surface area contributed by atoms with E-state index in [0.717, 1.165) is 6.42 Å². The molecule has 0 aliphatic carbocycles. The van der Waals surface area contributed by atoms with Crippen molar-refractivity contribution in [2.75, 3.05) is 13.2 Å².